The van der Waals surface area contributed by atoms with Gasteiger partial charge >= 0.3 is 0 Å². The van der Waals surface area contributed by atoms with Crippen LogP contribution < -0.4 is 4.90 Å². The maximum absolute atomic E-state index is 12.4. The van der Waals surface area contributed by atoms with Gasteiger partial charge in [0.05, 0.1) is 17.1 Å². The van der Waals surface area contributed by atoms with Crippen LogP contribution in [0.25, 0.3) is 0 Å². The number of fused-ring (bicyclic) bond motifs is 1. The number of benzene rings is 1. The fourth-order valence-electron chi connectivity index (χ4n) is 3.39. The summed E-state index contributed by atoms with van der Waals surface area (Å²) in [5.74, 6) is 0.00792. The van der Waals surface area contributed by atoms with Gasteiger partial charge in [-0.05, 0) is 43.7 Å². The summed E-state index contributed by atoms with van der Waals surface area (Å²) in [5.41, 5.74) is 1.61. The van der Waals surface area contributed by atoms with Crippen molar-refractivity contribution in [1.29, 1.82) is 0 Å². The van der Waals surface area contributed by atoms with E-state index in [9.17, 15) is 20.0 Å². The van der Waals surface area contributed by atoms with Gasteiger partial charge in [-0.1, -0.05) is 0 Å². The van der Waals surface area contributed by atoms with E-state index in [2.05, 4.69) is 0 Å². The van der Waals surface area contributed by atoms with Gasteiger partial charge in [0.25, 0.3) is 5.69 Å². The molecule has 6 nitrogen and oxygen atoms in total. The summed E-state index contributed by atoms with van der Waals surface area (Å²) in [6, 6.07) is 4.45. The van der Waals surface area contributed by atoms with Gasteiger partial charge in [-0.15, -0.1) is 0 Å². The Bertz CT molecular complexity index is 587. The van der Waals surface area contributed by atoms with Crippen LogP contribution in [0.4, 0.5) is 11.4 Å². The van der Waals surface area contributed by atoms with Crippen molar-refractivity contribution in [2.75, 3.05) is 4.90 Å². The second-order valence-electron chi connectivity index (χ2n) is 5.75. The standard InChI is InChI=1S/C15H18N2O4/c18-14-5-2-4-13(14)16-12-8-7-11(17(20)21)9-10(12)3-1-6-15(16)19/h7-9,13-14,18H,1-6H2/t13-,14-/m0/s1. The molecule has 21 heavy (non-hydrogen) atoms. The molecule has 1 aromatic rings. The number of non-ortho nitro benzene ring substituents is 1. The number of aryl methyl sites for hydroxylation is 1. The summed E-state index contributed by atoms with van der Waals surface area (Å²) in [7, 11) is 0. The van der Waals surface area contributed by atoms with Gasteiger partial charge in [0.2, 0.25) is 5.91 Å². The Morgan fingerprint density at radius 3 is 2.71 bits per heavy atom. The maximum Gasteiger partial charge on any atom is 0.269 e. The molecular weight excluding hydrogens is 272 g/mol. The number of aliphatic hydroxyl groups is 1. The van der Waals surface area contributed by atoms with Crippen LogP contribution in [0, 0.1) is 10.1 Å². The van der Waals surface area contributed by atoms with Gasteiger partial charge in [0.15, 0.2) is 0 Å². The zero-order valence-electron chi connectivity index (χ0n) is 11.7. The third kappa shape index (κ3) is 2.51. The first kappa shape index (κ1) is 14.0. The number of hydrogen-bond acceptors (Lipinski definition) is 4. The van der Waals surface area contributed by atoms with Crippen LogP contribution in [-0.2, 0) is 11.2 Å². The van der Waals surface area contributed by atoms with E-state index in [1.54, 1.807) is 17.0 Å². The molecule has 1 heterocycles. The average molecular weight is 290 g/mol. The lowest BCUT2D eigenvalue weighted by atomic mass is 10.1. The molecule has 1 amide bonds. The molecule has 112 valence electrons. The molecule has 1 fully saturated rings. The first-order valence-corrected chi connectivity index (χ1v) is 7.35. The number of nitrogens with zero attached hydrogens (tertiary/aromatic N) is 2. The number of aliphatic hydroxyl groups excluding tert-OH is 1. The van der Waals surface area contributed by atoms with E-state index in [4.69, 9.17) is 0 Å². The van der Waals surface area contributed by atoms with E-state index in [1.807, 2.05) is 0 Å². The highest BCUT2D eigenvalue weighted by Gasteiger charge is 2.36. The molecule has 1 aromatic carbocycles. The Balaban J connectivity index is 2.04. The van der Waals surface area contributed by atoms with Crippen molar-refractivity contribution >= 4 is 17.3 Å². The van der Waals surface area contributed by atoms with E-state index in [0.717, 1.165) is 24.1 Å². The number of carbonyl (C=O) groups is 1. The lowest BCUT2D eigenvalue weighted by Gasteiger charge is -2.31. The number of hydrogen-bond donors (Lipinski definition) is 1. The zero-order valence-corrected chi connectivity index (χ0v) is 11.7. The van der Waals surface area contributed by atoms with Crippen LogP contribution >= 0.6 is 0 Å². The molecule has 1 N–H and O–H groups in total. The molecule has 3 rings (SSSR count). The van der Waals surface area contributed by atoms with Gasteiger partial charge in [0, 0.05) is 24.2 Å². The predicted octanol–water partition coefficient (Wildman–Crippen LogP) is 2.18. The summed E-state index contributed by atoms with van der Waals surface area (Å²) in [5, 5.41) is 21.0. The van der Waals surface area contributed by atoms with Crippen molar-refractivity contribution in [3.8, 4) is 0 Å². The molecular formula is C15H18N2O4. The zero-order chi connectivity index (χ0) is 15.0. The van der Waals surface area contributed by atoms with Crippen LogP contribution in [0.15, 0.2) is 18.2 Å². The molecule has 1 saturated carbocycles. The van der Waals surface area contributed by atoms with E-state index >= 15 is 0 Å². The second-order valence-corrected chi connectivity index (χ2v) is 5.75. The molecule has 0 spiro atoms. The van der Waals surface area contributed by atoms with E-state index in [1.165, 1.54) is 6.07 Å². The second kappa shape index (κ2) is 5.44. The number of nitro benzene ring substituents is 1. The van der Waals surface area contributed by atoms with Crippen molar-refractivity contribution in [3.05, 3.63) is 33.9 Å². The van der Waals surface area contributed by atoms with Crippen molar-refractivity contribution in [2.45, 2.75) is 50.7 Å². The number of carbonyl (C=O) groups excluding carboxylic acids is 1. The minimum atomic E-state index is -0.505. The summed E-state index contributed by atoms with van der Waals surface area (Å²) >= 11 is 0. The van der Waals surface area contributed by atoms with E-state index < -0.39 is 11.0 Å². The summed E-state index contributed by atoms with van der Waals surface area (Å²) in [4.78, 5) is 24.6. The number of rotatable bonds is 2. The molecule has 1 aliphatic heterocycles. The van der Waals surface area contributed by atoms with Gasteiger partial charge in [-0.2, -0.15) is 0 Å². The molecule has 0 saturated heterocycles. The minimum absolute atomic E-state index is 0.00792. The Kier molecular flexibility index (Phi) is 3.63. The quantitative estimate of drug-likeness (QED) is 0.668. The minimum Gasteiger partial charge on any atom is -0.391 e. The van der Waals surface area contributed by atoms with Gasteiger partial charge < -0.3 is 10.0 Å². The predicted molar refractivity (Wildman–Crippen MR) is 77.2 cm³/mol. The molecule has 0 aromatic heterocycles. The van der Waals surface area contributed by atoms with E-state index in [-0.39, 0.29) is 17.6 Å². The highest BCUT2D eigenvalue weighted by molar-refractivity contribution is 5.95. The monoisotopic (exact) mass is 290 g/mol. The van der Waals surface area contributed by atoms with E-state index in [0.29, 0.717) is 25.7 Å². The lowest BCUT2D eigenvalue weighted by Crippen LogP contribution is -2.44. The molecule has 0 radical (unpaired) electrons. The van der Waals surface area contributed by atoms with Gasteiger partial charge in [0.1, 0.15) is 0 Å². The third-order valence-electron chi connectivity index (χ3n) is 4.41. The Labute approximate surface area is 122 Å². The van der Waals surface area contributed by atoms with Crippen molar-refractivity contribution in [1.82, 2.24) is 0 Å². The molecule has 2 aliphatic rings. The van der Waals surface area contributed by atoms with Gasteiger partial charge in [-0.25, -0.2) is 0 Å². The van der Waals surface area contributed by atoms with Crippen LogP contribution in [0.3, 0.4) is 0 Å². The van der Waals surface area contributed by atoms with Gasteiger partial charge in [-0.3, -0.25) is 14.9 Å². The van der Waals surface area contributed by atoms with Crippen LogP contribution in [-0.4, -0.2) is 28.1 Å². The molecule has 0 bridgehead atoms. The molecule has 1 aliphatic carbocycles. The fraction of sp³-hybridized carbons (Fsp3) is 0.533. The van der Waals surface area contributed by atoms with Crippen LogP contribution in [0.5, 0.6) is 0 Å². The number of amides is 1. The summed E-state index contributed by atoms with van der Waals surface area (Å²) in [6.07, 6.45) is 3.65. The topological polar surface area (TPSA) is 83.7 Å². The maximum atomic E-state index is 12.4. The van der Waals surface area contributed by atoms with Crippen molar-refractivity contribution in [3.63, 3.8) is 0 Å². The first-order valence-electron chi connectivity index (χ1n) is 7.35. The Morgan fingerprint density at radius 2 is 2.05 bits per heavy atom. The smallest absolute Gasteiger partial charge is 0.269 e. The normalized spacial score (nSPS) is 25.6. The highest BCUT2D eigenvalue weighted by atomic mass is 16.6. The van der Waals surface area contributed by atoms with Crippen molar-refractivity contribution in [2.24, 2.45) is 0 Å². The fourth-order valence-corrected chi connectivity index (χ4v) is 3.39. The SMILES string of the molecule is O=C1CCCc2cc([N+](=O)[O-])ccc2N1[C@H]1CCC[C@@H]1O. The van der Waals surface area contributed by atoms with Crippen molar-refractivity contribution < 1.29 is 14.8 Å². The third-order valence-corrected chi connectivity index (χ3v) is 4.41. The summed E-state index contributed by atoms with van der Waals surface area (Å²) in [6.45, 7) is 0. The van der Waals surface area contributed by atoms with Crippen LogP contribution in [0.2, 0.25) is 0 Å². The molecule has 0 unspecified atom stereocenters. The number of anilines is 1. The Morgan fingerprint density at radius 1 is 1.24 bits per heavy atom. The number of nitro groups is 1. The molecule has 2 atom stereocenters. The largest absolute Gasteiger partial charge is 0.391 e. The molecule has 6 heteroatoms. The highest BCUT2D eigenvalue weighted by Crippen LogP contribution is 2.35. The van der Waals surface area contributed by atoms with Crippen LogP contribution in [0.1, 0.15) is 37.7 Å². The average Bonchev–Trinajstić information content (AvgIpc) is 2.79. The summed E-state index contributed by atoms with van der Waals surface area (Å²) < 4.78 is 0. The lowest BCUT2D eigenvalue weighted by molar-refractivity contribution is -0.384. The Hall–Kier alpha value is -1.95. The first-order chi connectivity index (χ1) is 10.1.